The Hall–Kier alpha value is -3.50. The van der Waals surface area contributed by atoms with Crippen molar-refractivity contribution >= 4 is 42.5 Å². The van der Waals surface area contributed by atoms with Gasteiger partial charge in [0.25, 0.3) is 0 Å². The summed E-state index contributed by atoms with van der Waals surface area (Å²) in [5.74, 6) is -1.83. The molecule has 0 aromatic heterocycles. The van der Waals surface area contributed by atoms with Crippen LogP contribution in [0.2, 0.25) is 0 Å². The standard InChI is InChI=1S/C38H44B2F2O7/c1-23(43)28-19-24(10-16-33(44)26-12-14-29(31(41)21-26)39-46-35(2,3)36(4,5)47-39)18-25(20-28)11-17-34(45)27-13-15-30(32(42)22-27)40-48-37(6,7)38(8,9)49-40/h12-15,18-22H,10-11,16-17H2,1-9H3. The molecule has 49 heavy (non-hydrogen) atoms. The summed E-state index contributed by atoms with van der Waals surface area (Å²) < 4.78 is 54.1. The van der Waals surface area contributed by atoms with Gasteiger partial charge >= 0.3 is 14.2 Å². The first-order valence-electron chi connectivity index (χ1n) is 16.7. The largest absolute Gasteiger partial charge is 0.497 e. The van der Waals surface area contributed by atoms with Crippen LogP contribution in [0.3, 0.4) is 0 Å². The average molecular weight is 672 g/mol. The van der Waals surface area contributed by atoms with E-state index in [4.69, 9.17) is 18.6 Å². The van der Waals surface area contributed by atoms with E-state index in [2.05, 4.69) is 0 Å². The van der Waals surface area contributed by atoms with Crippen molar-refractivity contribution in [2.45, 2.75) is 110 Å². The minimum atomic E-state index is -0.881. The predicted molar refractivity (Wildman–Crippen MR) is 186 cm³/mol. The lowest BCUT2D eigenvalue weighted by Gasteiger charge is -2.32. The van der Waals surface area contributed by atoms with Gasteiger partial charge in [0.1, 0.15) is 11.6 Å². The Kier molecular flexibility index (Phi) is 10.00. The van der Waals surface area contributed by atoms with Crippen molar-refractivity contribution in [2.75, 3.05) is 0 Å². The molecular weight excluding hydrogens is 628 g/mol. The topological polar surface area (TPSA) is 88.1 Å². The molecule has 11 heteroatoms. The summed E-state index contributed by atoms with van der Waals surface area (Å²) >= 11 is 0. The number of hydrogen-bond donors (Lipinski definition) is 0. The average Bonchev–Trinajstić information content (AvgIpc) is 3.37. The number of aryl methyl sites for hydroxylation is 2. The highest BCUT2D eigenvalue weighted by Crippen LogP contribution is 2.37. The van der Waals surface area contributed by atoms with E-state index in [1.165, 1.54) is 31.2 Å². The number of rotatable bonds is 11. The lowest BCUT2D eigenvalue weighted by Crippen LogP contribution is -2.41. The summed E-state index contributed by atoms with van der Waals surface area (Å²) in [7, 11) is -1.76. The Bertz CT molecular complexity index is 1650. The van der Waals surface area contributed by atoms with Crippen LogP contribution < -0.4 is 10.9 Å². The van der Waals surface area contributed by atoms with E-state index < -0.39 is 48.3 Å². The van der Waals surface area contributed by atoms with E-state index in [-0.39, 0.29) is 52.2 Å². The molecule has 2 fully saturated rings. The third-order valence-electron chi connectivity index (χ3n) is 10.4. The summed E-state index contributed by atoms with van der Waals surface area (Å²) in [6, 6.07) is 13.9. The lowest BCUT2D eigenvalue weighted by atomic mass is 9.78. The highest BCUT2D eigenvalue weighted by atomic mass is 19.1. The Balaban J connectivity index is 1.22. The highest BCUT2D eigenvalue weighted by molar-refractivity contribution is 6.62. The Morgan fingerprint density at radius 2 is 0.898 bits per heavy atom. The maximum Gasteiger partial charge on any atom is 0.497 e. The van der Waals surface area contributed by atoms with Crippen molar-refractivity contribution in [3.63, 3.8) is 0 Å². The minimum Gasteiger partial charge on any atom is -0.399 e. The van der Waals surface area contributed by atoms with E-state index in [0.29, 0.717) is 18.4 Å². The number of ketones is 3. The third kappa shape index (κ3) is 7.65. The van der Waals surface area contributed by atoms with Gasteiger partial charge in [0.2, 0.25) is 0 Å². The van der Waals surface area contributed by atoms with E-state index in [0.717, 1.165) is 11.1 Å². The van der Waals surface area contributed by atoms with Gasteiger partial charge in [0.15, 0.2) is 17.3 Å². The highest BCUT2D eigenvalue weighted by Gasteiger charge is 2.53. The van der Waals surface area contributed by atoms with Crippen LogP contribution in [0.15, 0.2) is 54.6 Å². The van der Waals surface area contributed by atoms with Gasteiger partial charge in [-0.1, -0.05) is 30.3 Å². The number of hydrogen-bond acceptors (Lipinski definition) is 7. The van der Waals surface area contributed by atoms with E-state index in [9.17, 15) is 14.4 Å². The first kappa shape index (κ1) is 36.8. The van der Waals surface area contributed by atoms with Gasteiger partial charge < -0.3 is 18.6 Å². The normalized spacial score (nSPS) is 18.9. The maximum absolute atomic E-state index is 15.2. The van der Waals surface area contributed by atoms with Crippen LogP contribution >= 0.6 is 0 Å². The molecule has 0 atom stereocenters. The molecular formula is C38H44B2F2O7. The van der Waals surface area contributed by atoms with Crippen LogP contribution in [0.4, 0.5) is 8.78 Å². The molecule has 0 N–H and O–H groups in total. The first-order chi connectivity index (χ1) is 22.7. The summed E-state index contributed by atoms with van der Waals surface area (Å²) in [6.07, 6.45) is 0.799. The van der Waals surface area contributed by atoms with E-state index >= 15 is 8.78 Å². The Labute approximate surface area is 288 Å². The smallest absolute Gasteiger partial charge is 0.399 e. The molecule has 5 rings (SSSR count). The molecule has 0 unspecified atom stereocenters. The molecule has 2 aliphatic rings. The SMILES string of the molecule is CC(=O)c1cc(CCC(=O)c2ccc(B3OC(C)(C)C(C)(C)O3)c(F)c2)cc(CCC(=O)c2ccc(B3OC(C)(C)C(C)(C)O3)c(F)c2)c1. The van der Waals surface area contributed by atoms with Crippen molar-refractivity contribution in [3.05, 3.63) is 94.0 Å². The van der Waals surface area contributed by atoms with Crippen LogP contribution in [0.5, 0.6) is 0 Å². The van der Waals surface area contributed by atoms with Crippen LogP contribution in [-0.4, -0.2) is 54.0 Å². The van der Waals surface area contributed by atoms with Gasteiger partial charge in [-0.25, -0.2) is 8.78 Å². The fraction of sp³-hybridized carbons (Fsp3) is 0.447. The fourth-order valence-corrected chi connectivity index (χ4v) is 5.78. The molecule has 3 aromatic carbocycles. The van der Waals surface area contributed by atoms with Gasteiger partial charge in [0, 0.05) is 40.5 Å². The molecule has 2 heterocycles. The number of halogens is 2. The third-order valence-corrected chi connectivity index (χ3v) is 10.4. The number of carbonyl (C=O) groups is 3. The summed E-state index contributed by atoms with van der Waals surface area (Å²) in [5.41, 5.74) is 0.355. The van der Waals surface area contributed by atoms with Gasteiger partial charge in [-0.05, 0) is 111 Å². The number of Topliss-reactive ketones (excluding diaryl/α,β-unsaturated/α-hetero) is 3. The minimum absolute atomic E-state index is 0.0867. The molecule has 258 valence electrons. The summed E-state index contributed by atoms with van der Waals surface area (Å²) in [5, 5.41) is 0. The lowest BCUT2D eigenvalue weighted by molar-refractivity contribution is 0.00578. The Morgan fingerprint density at radius 3 is 1.20 bits per heavy atom. The van der Waals surface area contributed by atoms with E-state index in [1.807, 2.05) is 61.5 Å². The molecule has 0 bridgehead atoms. The zero-order valence-corrected chi connectivity index (χ0v) is 29.8. The summed E-state index contributed by atoms with van der Waals surface area (Å²) in [4.78, 5) is 38.5. The van der Waals surface area contributed by atoms with Gasteiger partial charge in [-0.15, -0.1) is 0 Å². The van der Waals surface area contributed by atoms with Crippen LogP contribution in [0.25, 0.3) is 0 Å². The molecule has 2 saturated heterocycles. The molecule has 7 nitrogen and oxygen atoms in total. The van der Waals surface area contributed by atoms with Crippen molar-refractivity contribution in [3.8, 4) is 0 Å². The molecule has 0 amide bonds. The molecule has 2 aliphatic heterocycles. The fourth-order valence-electron chi connectivity index (χ4n) is 5.78. The van der Waals surface area contributed by atoms with Gasteiger partial charge in [-0.2, -0.15) is 0 Å². The second-order valence-electron chi connectivity index (χ2n) is 15.1. The number of benzene rings is 3. The quantitative estimate of drug-likeness (QED) is 0.172. The monoisotopic (exact) mass is 672 g/mol. The van der Waals surface area contributed by atoms with Crippen molar-refractivity contribution in [2.24, 2.45) is 0 Å². The van der Waals surface area contributed by atoms with Crippen LogP contribution in [-0.2, 0) is 31.5 Å². The molecule has 0 saturated carbocycles. The molecule has 0 aliphatic carbocycles. The van der Waals surface area contributed by atoms with Crippen molar-refractivity contribution in [1.29, 1.82) is 0 Å². The van der Waals surface area contributed by atoms with Gasteiger partial charge in [0.05, 0.1) is 22.4 Å². The number of carbonyl (C=O) groups excluding carboxylic acids is 3. The molecule has 0 radical (unpaired) electrons. The summed E-state index contributed by atoms with van der Waals surface area (Å²) in [6.45, 7) is 16.5. The zero-order chi connectivity index (χ0) is 36.1. The zero-order valence-electron chi connectivity index (χ0n) is 29.8. The van der Waals surface area contributed by atoms with Gasteiger partial charge in [-0.3, -0.25) is 14.4 Å². The van der Waals surface area contributed by atoms with Crippen LogP contribution in [0, 0.1) is 11.6 Å². The predicted octanol–water partition coefficient (Wildman–Crippen LogP) is 6.40. The second kappa shape index (κ2) is 13.3. The van der Waals surface area contributed by atoms with Crippen molar-refractivity contribution < 1.29 is 41.8 Å². The van der Waals surface area contributed by atoms with Crippen molar-refractivity contribution in [1.82, 2.24) is 0 Å². The molecule has 0 spiro atoms. The van der Waals surface area contributed by atoms with E-state index in [1.54, 1.807) is 24.3 Å². The van der Waals surface area contributed by atoms with Crippen LogP contribution in [0.1, 0.15) is 117 Å². The maximum atomic E-state index is 15.2. The molecule has 3 aromatic rings. The first-order valence-corrected chi connectivity index (χ1v) is 16.7. The Morgan fingerprint density at radius 1 is 0.551 bits per heavy atom. The second-order valence-corrected chi connectivity index (χ2v) is 15.1.